The zero-order valence-corrected chi connectivity index (χ0v) is 13.5. The van der Waals surface area contributed by atoms with Crippen LogP contribution in [-0.2, 0) is 0 Å². The maximum Gasteiger partial charge on any atom is 0.126 e. The van der Waals surface area contributed by atoms with E-state index in [0.29, 0.717) is 12.5 Å². The van der Waals surface area contributed by atoms with Crippen LogP contribution in [0.2, 0.25) is 0 Å². The molecule has 1 aromatic carbocycles. The van der Waals surface area contributed by atoms with Crippen molar-refractivity contribution in [1.29, 1.82) is 0 Å². The van der Waals surface area contributed by atoms with Crippen LogP contribution in [0.3, 0.4) is 0 Å². The quantitative estimate of drug-likeness (QED) is 0.592. The van der Waals surface area contributed by atoms with Crippen molar-refractivity contribution in [2.45, 2.75) is 71.1 Å². The molecule has 2 heteroatoms. The molecule has 1 saturated carbocycles. The number of benzene rings is 1. The molecular formula is C19H29FO. The lowest BCUT2D eigenvalue weighted by Crippen LogP contribution is -2.14. The molecule has 0 aromatic heterocycles. The molecular weight excluding hydrogens is 263 g/mol. The molecule has 21 heavy (non-hydrogen) atoms. The first kappa shape index (κ1) is 16.3. The van der Waals surface area contributed by atoms with Gasteiger partial charge in [0.2, 0.25) is 0 Å². The van der Waals surface area contributed by atoms with Crippen LogP contribution in [0, 0.1) is 11.7 Å². The van der Waals surface area contributed by atoms with E-state index >= 15 is 0 Å². The second kappa shape index (κ2) is 8.41. The Morgan fingerprint density at radius 1 is 1.10 bits per heavy atom. The van der Waals surface area contributed by atoms with Crippen molar-refractivity contribution in [1.82, 2.24) is 0 Å². The summed E-state index contributed by atoms with van der Waals surface area (Å²) in [5.74, 6) is 2.01. The summed E-state index contributed by atoms with van der Waals surface area (Å²) in [6, 6.07) is 5.26. The molecule has 1 nitrogen and oxygen atoms in total. The zero-order valence-electron chi connectivity index (χ0n) is 13.5. The lowest BCUT2D eigenvalue weighted by atomic mass is 9.77. The molecule has 0 radical (unpaired) electrons. The minimum Gasteiger partial charge on any atom is -0.494 e. The lowest BCUT2D eigenvalue weighted by molar-refractivity contribution is 0.297. The average Bonchev–Trinajstić information content (AvgIpc) is 2.53. The van der Waals surface area contributed by atoms with Crippen molar-refractivity contribution in [2.75, 3.05) is 6.61 Å². The fourth-order valence-corrected chi connectivity index (χ4v) is 3.40. The van der Waals surface area contributed by atoms with Gasteiger partial charge in [-0.15, -0.1) is 0 Å². The highest BCUT2D eigenvalue weighted by Crippen LogP contribution is 2.39. The van der Waals surface area contributed by atoms with Crippen molar-refractivity contribution in [3.8, 4) is 5.75 Å². The number of hydrogen-bond donors (Lipinski definition) is 0. The molecule has 0 atom stereocenters. The Labute approximate surface area is 128 Å². The van der Waals surface area contributed by atoms with E-state index in [1.807, 2.05) is 6.07 Å². The number of ether oxygens (including phenoxy) is 1. The van der Waals surface area contributed by atoms with Gasteiger partial charge in [-0.1, -0.05) is 33.1 Å². The molecule has 0 unspecified atom stereocenters. The van der Waals surface area contributed by atoms with E-state index in [9.17, 15) is 4.39 Å². The molecule has 0 bridgehead atoms. The van der Waals surface area contributed by atoms with Crippen LogP contribution in [0.5, 0.6) is 5.75 Å². The standard InChI is InChI=1S/C19H29FO/c1-3-5-6-15-7-9-16(10-8-15)18-14-17(21-13-4-2)11-12-19(18)20/h11-12,14-16H,3-10,13H2,1-2H3. The van der Waals surface area contributed by atoms with E-state index in [-0.39, 0.29) is 5.82 Å². The van der Waals surface area contributed by atoms with Crippen molar-refractivity contribution in [3.63, 3.8) is 0 Å². The largest absolute Gasteiger partial charge is 0.494 e. The Hall–Kier alpha value is -1.05. The van der Waals surface area contributed by atoms with E-state index < -0.39 is 0 Å². The van der Waals surface area contributed by atoms with Gasteiger partial charge in [0.15, 0.2) is 0 Å². The van der Waals surface area contributed by atoms with Gasteiger partial charge in [-0.2, -0.15) is 0 Å². The Balaban J connectivity index is 1.95. The first-order valence-electron chi connectivity index (χ1n) is 8.66. The minimum absolute atomic E-state index is 0.0594. The number of rotatable bonds is 7. The number of hydrogen-bond acceptors (Lipinski definition) is 1. The molecule has 0 aliphatic heterocycles. The van der Waals surface area contributed by atoms with E-state index in [4.69, 9.17) is 4.74 Å². The van der Waals surface area contributed by atoms with Gasteiger partial charge >= 0.3 is 0 Å². The van der Waals surface area contributed by atoms with E-state index in [1.165, 1.54) is 32.1 Å². The monoisotopic (exact) mass is 292 g/mol. The Kier molecular flexibility index (Phi) is 6.53. The molecule has 0 saturated heterocycles. The normalized spacial score (nSPS) is 22.2. The maximum absolute atomic E-state index is 14.1. The maximum atomic E-state index is 14.1. The molecule has 1 aliphatic rings. The topological polar surface area (TPSA) is 9.23 Å². The van der Waals surface area contributed by atoms with Crippen LogP contribution in [0.4, 0.5) is 4.39 Å². The van der Waals surface area contributed by atoms with Crippen LogP contribution < -0.4 is 4.74 Å². The van der Waals surface area contributed by atoms with Crippen molar-refractivity contribution in [2.24, 2.45) is 5.92 Å². The van der Waals surface area contributed by atoms with Crippen LogP contribution in [0.15, 0.2) is 18.2 Å². The van der Waals surface area contributed by atoms with Gasteiger partial charge in [0.1, 0.15) is 11.6 Å². The third-order valence-corrected chi connectivity index (χ3v) is 4.69. The van der Waals surface area contributed by atoms with Gasteiger partial charge in [-0.25, -0.2) is 4.39 Å². The van der Waals surface area contributed by atoms with Gasteiger partial charge in [0.05, 0.1) is 6.61 Å². The van der Waals surface area contributed by atoms with E-state index in [2.05, 4.69) is 13.8 Å². The third kappa shape index (κ3) is 4.72. The molecule has 1 aromatic rings. The highest BCUT2D eigenvalue weighted by molar-refractivity contribution is 5.32. The van der Waals surface area contributed by atoms with Crippen LogP contribution in [-0.4, -0.2) is 6.61 Å². The molecule has 0 spiro atoms. The third-order valence-electron chi connectivity index (χ3n) is 4.69. The fraction of sp³-hybridized carbons (Fsp3) is 0.684. The lowest BCUT2D eigenvalue weighted by Gasteiger charge is -2.29. The van der Waals surface area contributed by atoms with E-state index in [1.54, 1.807) is 12.1 Å². The Bertz CT molecular complexity index is 422. The minimum atomic E-state index is -0.0594. The van der Waals surface area contributed by atoms with Crippen molar-refractivity contribution in [3.05, 3.63) is 29.6 Å². The fourth-order valence-electron chi connectivity index (χ4n) is 3.40. The Morgan fingerprint density at radius 2 is 1.86 bits per heavy atom. The summed E-state index contributed by atoms with van der Waals surface area (Å²) in [4.78, 5) is 0. The molecule has 118 valence electrons. The molecule has 0 amide bonds. The predicted molar refractivity (Wildman–Crippen MR) is 86.4 cm³/mol. The van der Waals surface area contributed by atoms with E-state index in [0.717, 1.165) is 36.5 Å². The first-order valence-corrected chi connectivity index (χ1v) is 8.66. The van der Waals surface area contributed by atoms with Crippen molar-refractivity contribution >= 4 is 0 Å². The number of halogens is 1. The van der Waals surface area contributed by atoms with Gasteiger partial charge in [-0.3, -0.25) is 0 Å². The van der Waals surface area contributed by atoms with Crippen molar-refractivity contribution < 1.29 is 9.13 Å². The van der Waals surface area contributed by atoms with Gasteiger partial charge in [0.25, 0.3) is 0 Å². The molecule has 0 N–H and O–H groups in total. The second-order valence-corrected chi connectivity index (χ2v) is 6.39. The molecule has 2 rings (SSSR count). The average molecular weight is 292 g/mol. The zero-order chi connectivity index (χ0) is 15.1. The van der Waals surface area contributed by atoms with Gasteiger partial charge in [-0.05, 0) is 67.7 Å². The summed E-state index contributed by atoms with van der Waals surface area (Å²) >= 11 is 0. The Morgan fingerprint density at radius 3 is 2.52 bits per heavy atom. The van der Waals surface area contributed by atoms with Gasteiger partial charge in [0, 0.05) is 0 Å². The van der Waals surface area contributed by atoms with Gasteiger partial charge < -0.3 is 4.74 Å². The first-order chi connectivity index (χ1) is 10.2. The summed E-state index contributed by atoms with van der Waals surface area (Å²) < 4.78 is 19.8. The highest BCUT2D eigenvalue weighted by atomic mass is 19.1. The SMILES string of the molecule is CCCCC1CCC(c2cc(OCCC)ccc2F)CC1. The summed E-state index contributed by atoms with van der Waals surface area (Å²) in [6.07, 6.45) is 9.72. The summed E-state index contributed by atoms with van der Waals surface area (Å²) in [5, 5.41) is 0. The molecule has 1 fully saturated rings. The number of unbranched alkanes of at least 4 members (excludes halogenated alkanes) is 1. The summed E-state index contributed by atoms with van der Waals surface area (Å²) in [7, 11) is 0. The van der Waals surface area contributed by atoms with Crippen LogP contribution >= 0.6 is 0 Å². The van der Waals surface area contributed by atoms with Crippen LogP contribution in [0.1, 0.15) is 76.7 Å². The smallest absolute Gasteiger partial charge is 0.126 e. The second-order valence-electron chi connectivity index (χ2n) is 6.39. The predicted octanol–water partition coefficient (Wildman–Crippen LogP) is 6.08. The molecule has 0 heterocycles. The summed E-state index contributed by atoms with van der Waals surface area (Å²) in [5.41, 5.74) is 0.873. The van der Waals surface area contributed by atoms with Crippen LogP contribution in [0.25, 0.3) is 0 Å². The molecule has 1 aliphatic carbocycles. The highest BCUT2D eigenvalue weighted by Gasteiger charge is 2.24. The summed E-state index contributed by atoms with van der Waals surface area (Å²) in [6.45, 7) is 5.04.